The summed E-state index contributed by atoms with van der Waals surface area (Å²) in [7, 11) is 0. The van der Waals surface area contributed by atoms with Crippen molar-refractivity contribution in [3.05, 3.63) is 18.2 Å². The van der Waals surface area contributed by atoms with Gasteiger partial charge in [-0.2, -0.15) is 4.98 Å². The van der Waals surface area contributed by atoms with Crippen LogP contribution < -0.4 is 0 Å². The highest BCUT2D eigenvalue weighted by Crippen LogP contribution is 2.10. The van der Waals surface area contributed by atoms with Gasteiger partial charge in [0, 0.05) is 0 Å². The van der Waals surface area contributed by atoms with Crippen LogP contribution in [-0.4, -0.2) is 15.1 Å². The molecular formula is C8H11N3O. The van der Waals surface area contributed by atoms with E-state index < -0.39 is 0 Å². The molecule has 12 heavy (non-hydrogen) atoms. The predicted molar refractivity (Wildman–Crippen MR) is 45.7 cm³/mol. The van der Waals surface area contributed by atoms with Gasteiger partial charge in [-0.15, -0.1) is 0 Å². The Labute approximate surface area is 70.6 Å². The van der Waals surface area contributed by atoms with Crippen LogP contribution in [0.25, 0.3) is 11.1 Å². The standard InChI is InChI=1S/C6H5N3O.C2H6/c1-4-5-2-9-10-6(5)8-3-7-4;1-2/h2-3H,1H3;1-2H3. The Morgan fingerprint density at radius 2 is 2.00 bits per heavy atom. The van der Waals surface area contributed by atoms with Gasteiger partial charge in [0.2, 0.25) is 0 Å². The lowest BCUT2D eigenvalue weighted by Gasteiger charge is -1.87. The molecule has 0 spiro atoms. The monoisotopic (exact) mass is 165 g/mol. The van der Waals surface area contributed by atoms with Gasteiger partial charge >= 0.3 is 0 Å². The van der Waals surface area contributed by atoms with Crippen molar-refractivity contribution in [2.24, 2.45) is 0 Å². The van der Waals surface area contributed by atoms with Crippen LogP contribution in [0, 0.1) is 6.92 Å². The zero-order chi connectivity index (χ0) is 8.97. The average Bonchev–Trinajstić information content (AvgIpc) is 2.57. The third-order valence-electron chi connectivity index (χ3n) is 1.37. The summed E-state index contributed by atoms with van der Waals surface area (Å²) in [5, 5.41) is 4.46. The van der Waals surface area contributed by atoms with Crippen LogP contribution in [-0.2, 0) is 0 Å². The van der Waals surface area contributed by atoms with Crippen LogP contribution in [0.5, 0.6) is 0 Å². The van der Waals surface area contributed by atoms with E-state index in [4.69, 9.17) is 4.52 Å². The van der Waals surface area contributed by atoms with Gasteiger partial charge in [-0.05, 0) is 6.92 Å². The molecule has 2 aromatic heterocycles. The van der Waals surface area contributed by atoms with E-state index in [9.17, 15) is 0 Å². The molecule has 0 radical (unpaired) electrons. The molecule has 2 heterocycles. The Balaban J connectivity index is 0.000000336. The molecule has 4 nitrogen and oxygen atoms in total. The largest absolute Gasteiger partial charge is 0.336 e. The fourth-order valence-corrected chi connectivity index (χ4v) is 0.812. The molecule has 0 aliphatic rings. The minimum atomic E-state index is 0.549. The quantitative estimate of drug-likeness (QED) is 0.598. The van der Waals surface area contributed by atoms with Crippen molar-refractivity contribution in [2.75, 3.05) is 0 Å². The molecule has 0 saturated carbocycles. The van der Waals surface area contributed by atoms with Crippen molar-refractivity contribution >= 4 is 11.1 Å². The number of fused-ring (bicyclic) bond motifs is 1. The Bertz CT molecular complexity index is 356. The average molecular weight is 165 g/mol. The highest BCUT2D eigenvalue weighted by Gasteiger charge is 2.00. The van der Waals surface area contributed by atoms with Gasteiger partial charge in [0.1, 0.15) is 6.33 Å². The Morgan fingerprint density at radius 3 is 2.67 bits per heavy atom. The van der Waals surface area contributed by atoms with Crippen molar-refractivity contribution in [3.63, 3.8) is 0 Å². The fraction of sp³-hybridized carbons (Fsp3) is 0.375. The van der Waals surface area contributed by atoms with E-state index >= 15 is 0 Å². The molecule has 2 rings (SSSR count). The number of nitrogens with zero attached hydrogens (tertiary/aromatic N) is 3. The van der Waals surface area contributed by atoms with E-state index in [0.29, 0.717) is 5.71 Å². The summed E-state index contributed by atoms with van der Waals surface area (Å²) in [6.07, 6.45) is 3.08. The van der Waals surface area contributed by atoms with Crippen LogP contribution in [0.15, 0.2) is 17.0 Å². The van der Waals surface area contributed by atoms with Gasteiger partial charge in [0.15, 0.2) is 0 Å². The van der Waals surface area contributed by atoms with Gasteiger partial charge in [-0.3, -0.25) is 0 Å². The number of hydrogen-bond donors (Lipinski definition) is 0. The zero-order valence-electron chi connectivity index (χ0n) is 7.40. The van der Waals surface area contributed by atoms with Gasteiger partial charge in [-0.25, -0.2) is 4.98 Å². The second-order valence-electron chi connectivity index (χ2n) is 2.00. The smallest absolute Gasteiger partial charge is 0.260 e. The lowest BCUT2D eigenvalue weighted by atomic mass is 10.3. The molecule has 0 bridgehead atoms. The Kier molecular flexibility index (Phi) is 2.74. The number of aryl methyl sites for hydroxylation is 1. The number of hydrogen-bond acceptors (Lipinski definition) is 4. The minimum Gasteiger partial charge on any atom is -0.336 e. The maximum Gasteiger partial charge on any atom is 0.260 e. The van der Waals surface area contributed by atoms with Crippen LogP contribution >= 0.6 is 0 Å². The maximum absolute atomic E-state index is 4.80. The van der Waals surface area contributed by atoms with Gasteiger partial charge in [0.05, 0.1) is 17.3 Å². The molecule has 0 aromatic carbocycles. The molecule has 0 unspecified atom stereocenters. The molecule has 0 amide bonds. The first-order valence-electron chi connectivity index (χ1n) is 3.90. The summed E-state index contributed by atoms with van der Waals surface area (Å²) in [6, 6.07) is 0. The topological polar surface area (TPSA) is 51.8 Å². The summed E-state index contributed by atoms with van der Waals surface area (Å²) in [5.41, 5.74) is 1.44. The van der Waals surface area contributed by atoms with Gasteiger partial charge in [0.25, 0.3) is 5.71 Å². The van der Waals surface area contributed by atoms with Crippen molar-refractivity contribution in [1.82, 2.24) is 15.1 Å². The Hall–Kier alpha value is -1.45. The zero-order valence-corrected chi connectivity index (χ0v) is 7.40. The van der Waals surface area contributed by atoms with E-state index in [1.54, 1.807) is 6.20 Å². The second kappa shape index (κ2) is 3.80. The molecule has 64 valence electrons. The van der Waals surface area contributed by atoms with Crippen molar-refractivity contribution in [3.8, 4) is 0 Å². The van der Waals surface area contributed by atoms with Gasteiger partial charge < -0.3 is 4.52 Å². The predicted octanol–water partition coefficient (Wildman–Crippen LogP) is 1.95. The summed E-state index contributed by atoms with van der Waals surface area (Å²) < 4.78 is 4.80. The number of aromatic nitrogens is 3. The molecule has 0 fully saturated rings. The summed E-state index contributed by atoms with van der Waals surface area (Å²) >= 11 is 0. The SMILES string of the molecule is CC.Cc1ncnc2oncc12. The van der Waals surface area contributed by atoms with Crippen LogP contribution in [0.4, 0.5) is 0 Å². The van der Waals surface area contributed by atoms with Gasteiger partial charge in [-0.1, -0.05) is 19.0 Å². The number of rotatable bonds is 0. The maximum atomic E-state index is 4.80. The van der Waals surface area contributed by atoms with Crippen molar-refractivity contribution in [2.45, 2.75) is 20.8 Å². The molecule has 0 saturated heterocycles. The van der Waals surface area contributed by atoms with Crippen molar-refractivity contribution < 1.29 is 4.52 Å². The summed E-state index contributed by atoms with van der Waals surface area (Å²) in [5.74, 6) is 0. The first-order valence-corrected chi connectivity index (χ1v) is 3.90. The molecule has 0 N–H and O–H groups in total. The molecule has 0 aliphatic carbocycles. The lowest BCUT2D eigenvalue weighted by Crippen LogP contribution is -1.81. The third kappa shape index (κ3) is 1.42. The molecule has 2 aromatic rings. The fourth-order valence-electron chi connectivity index (χ4n) is 0.812. The molecule has 0 aliphatic heterocycles. The first-order chi connectivity index (χ1) is 5.88. The van der Waals surface area contributed by atoms with Crippen molar-refractivity contribution in [1.29, 1.82) is 0 Å². The first kappa shape index (κ1) is 8.64. The summed E-state index contributed by atoms with van der Waals surface area (Å²) in [4.78, 5) is 7.83. The lowest BCUT2D eigenvalue weighted by molar-refractivity contribution is 0.448. The molecule has 0 atom stereocenters. The highest BCUT2D eigenvalue weighted by molar-refractivity contribution is 5.73. The molecule has 4 heteroatoms. The second-order valence-corrected chi connectivity index (χ2v) is 2.00. The van der Waals surface area contributed by atoms with Crippen LogP contribution in [0.3, 0.4) is 0 Å². The highest BCUT2D eigenvalue weighted by atomic mass is 16.5. The van der Waals surface area contributed by atoms with E-state index in [2.05, 4.69) is 15.1 Å². The summed E-state index contributed by atoms with van der Waals surface area (Å²) in [6.45, 7) is 5.89. The van der Waals surface area contributed by atoms with Crippen LogP contribution in [0.2, 0.25) is 0 Å². The van der Waals surface area contributed by atoms with E-state index in [1.165, 1.54) is 6.33 Å². The molecular weight excluding hydrogens is 154 g/mol. The normalized spacial score (nSPS) is 9.25. The minimum absolute atomic E-state index is 0.549. The third-order valence-corrected chi connectivity index (χ3v) is 1.37. The van der Waals surface area contributed by atoms with Crippen LogP contribution in [0.1, 0.15) is 19.5 Å². The van der Waals surface area contributed by atoms with E-state index in [0.717, 1.165) is 11.1 Å². The van der Waals surface area contributed by atoms with E-state index in [1.807, 2.05) is 20.8 Å². The Morgan fingerprint density at radius 1 is 1.25 bits per heavy atom. The van der Waals surface area contributed by atoms with E-state index in [-0.39, 0.29) is 0 Å².